The Hall–Kier alpha value is -3.32. The van der Waals surface area contributed by atoms with E-state index in [9.17, 15) is 19.2 Å². The highest BCUT2D eigenvalue weighted by Gasteiger charge is 2.55. The van der Waals surface area contributed by atoms with Crippen LogP contribution < -0.4 is 4.74 Å². The zero-order valence-corrected chi connectivity index (χ0v) is 19.2. The van der Waals surface area contributed by atoms with Gasteiger partial charge in [0.2, 0.25) is 11.8 Å². The van der Waals surface area contributed by atoms with Crippen molar-refractivity contribution >= 4 is 23.4 Å². The SMILES string of the molecule is CCN1C(=O)[C@H]2[C@H](CC=C3[C@H](c4ccc(OCCO)cc4)C4=C(C[C@H]32)C(=O)C=C(C)C4=O)C1=O. The Morgan fingerprint density at radius 3 is 2.47 bits per heavy atom. The molecule has 0 unspecified atom stereocenters. The molecule has 1 aromatic carbocycles. The summed E-state index contributed by atoms with van der Waals surface area (Å²) in [4.78, 5) is 53.8. The van der Waals surface area contributed by atoms with Gasteiger partial charge in [-0.15, -0.1) is 0 Å². The normalized spacial score (nSPS) is 28.4. The lowest BCUT2D eigenvalue weighted by atomic mass is 9.59. The van der Waals surface area contributed by atoms with Crippen LogP contribution >= 0.6 is 0 Å². The number of fused-ring (bicyclic) bond motifs is 3. The first-order valence-electron chi connectivity index (χ1n) is 11.8. The van der Waals surface area contributed by atoms with Crippen LogP contribution in [-0.4, -0.2) is 53.1 Å². The van der Waals surface area contributed by atoms with Crippen molar-refractivity contribution in [2.24, 2.45) is 17.8 Å². The van der Waals surface area contributed by atoms with Crippen molar-refractivity contribution in [3.8, 4) is 5.75 Å². The Morgan fingerprint density at radius 2 is 1.79 bits per heavy atom. The molecule has 2 amide bonds. The van der Waals surface area contributed by atoms with Gasteiger partial charge >= 0.3 is 0 Å². The number of carbonyl (C=O) groups excluding carboxylic acids is 4. The second-order valence-corrected chi connectivity index (χ2v) is 9.29. The van der Waals surface area contributed by atoms with Crippen LogP contribution in [0.2, 0.25) is 0 Å². The van der Waals surface area contributed by atoms with Crippen LogP contribution in [0.25, 0.3) is 0 Å². The number of hydrogen-bond acceptors (Lipinski definition) is 6. The number of aliphatic hydroxyl groups is 1. The molecular weight excluding hydrogens is 434 g/mol. The molecule has 1 aromatic rings. The maximum Gasteiger partial charge on any atom is 0.233 e. The van der Waals surface area contributed by atoms with Gasteiger partial charge in [-0.3, -0.25) is 24.1 Å². The lowest BCUT2D eigenvalue weighted by Gasteiger charge is -2.42. The average molecular weight is 462 g/mol. The topological polar surface area (TPSA) is 101 Å². The number of benzene rings is 1. The maximum atomic E-state index is 13.3. The van der Waals surface area contributed by atoms with Crippen molar-refractivity contribution in [3.63, 3.8) is 0 Å². The lowest BCUT2D eigenvalue weighted by molar-refractivity contribution is -0.139. The quantitative estimate of drug-likeness (QED) is 0.411. The summed E-state index contributed by atoms with van der Waals surface area (Å²) in [6, 6.07) is 7.29. The van der Waals surface area contributed by atoms with E-state index < -0.39 is 17.8 Å². The molecule has 1 fully saturated rings. The second-order valence-electron chi connectivity index (χ2n) is 9.29. The van der Waals surface area contributed by atoms with Crippen molar-refractivity contribution in [1.82, 2.24) is 4.90 Å². The fourth-order valence-electron chi connectivity index (χ4n) is 6.04. The lowest BCUT2D eigenvalue weighted by Crippen LogP contribution is -2.39. The first-order valence-corrected chi connectivity index (χ1v) is 11.8. The van der Waals surface area contributed by atoms with Crippen LogP contribution in [0.15, 0.2) is 58.7 Å². The molecule has 34 heavy (non-hydrogen) atoms. The van der Waals surface area contributed by atoms with E-state index in [0.29, 0.717) is 41.9 Å². The zero-order chi connectivity index (χ0) is 24.1. The van der Waals surface area contributed by atoms with Crippen molar-refractivity contribution in [1.29, 1.82) is 0 Å². The van der Waals surface area contributed by atoms with E-state index in [1.165, 1.54) is 11.0 Å². The van der Waals surface area contributed by atoms with Crippen LogP contribution in [0.4, 0.5) is 0 Å². The molecule has 5 rings (SSSR count). The number of nitrogens with zero attached hydrogens (tertiary/aromatic N) is 1. The minimum absolute atomic E-state index is 0.0957. The fourth-order valence-corrected chi connectivity index (χ4v) is 6.04. The monoisotopic (exact) mass is 461 g/mol. The molecule has 176 valence electrons. The van der Waals surface area contributed by atoms with Gasteiger partial charge in [0.15, 0.2) is 11.6 Å². The minimum Gasteiger partial charge on any atom is -0.491 e. The molecule has 1 saturated heterocycles. The van der Waals surface area contributed by atoms with E-state index in [2.05, 4.69) is 0 Å². The van der Waals surface area contributed by atoms with Crippen molar-refractivity contribution in [3.05, 3.63) is 64.3 Å². The van der Waals surface area contributed by atoms with Gasteiger partial charge in [-0.05, 0) is 56.4 Å². The number of imide groups is 1. The molecule has 4 atom stereocenters. The van der Waals surface area contributed by atoms with E-state index in [1.807, 2.05) is 18.2 Å². The van der Waals surface area contributed by atoms with Crippen LogP contribution in [0.3, 0.4) is 0 Å². The van der Waals surface area contributed by atoms with Crippen molar-refractivity contribution < 1.29 is 29.0 Å². The highest BCUT2D eigenvalue weighted by atomic mass is 16.5. The second kappa shape index (κ2) is 8.47. The van der Waals surface area contributed by atoms with E-state index >= 15 is 0 Å². The molecule has 7 heteroatoms. The number of aliphatic hydroxyl groups excluding tert-OH is 1. The number of amides is 2. The van der Waals surface area contributed by atoms with E-state index in [1.54, 1.807) is 26.0 Å². The summed E-state index contributed by atoms with van der Waals surface area (Å²) < 4.78 is 5.48. The largest absolute Gasteiger partial charge is 0.491 e. The van der Waals surface area contributed by atoms with Gasteiger partial charge in [-0.1, -0.05) is 23.8 Å². The number of carbonyl (C=O) groups is 4. The molecule has 1 N–H and O–H groups in total. The van der Waals surface area contributed by atoms with Crippen molar-refractivity contribution in [2.75, 3.05) is 19.8 Å². The van der Waals surface area contributed by atoms with Gasteiger partial charge in [0.1, 0.15) is 12.4 Å². The number of allylic oxidation sites excluding steroid dienone is 6. The van der Waals surface area contributed by atoms with Crippen molar-refractivity contribution in [2.45, 2.75) is 32.6 Å². The highest BCUT2D eigenvalue weighted by Crippen LogP contribution is 2.55. The van der Waals surface area contributed by atoms with E-state index in [0.717, 1.165) is 11.1 Å². The summed E-state index contributed by atoms with van der Waals surface area (Å²) in [6.07, 6.45) is 4.15. The van der Waals surface area contributed by atoms with Gasteiger partial charge in [0, 0.05) is 29.2 Å². The molecule has 1 aliphatic heterocycles. The maximum absolute atomic E-state index is 13.3. The number of ether oxygens (including phenoxy) is 1. The van der Waals surface area contributed by atoms with Gasteiger partial charge < -0.3 is 9.84 Å². The first kappa shape index (κ1) is 22.5. The summed E-state index contributed by atoms with van der Waals surface area (Å²) in [5.41, 5.74) is 3.13. The summed E-state index contributed by atoms with van der Waals surface area (Å²) >= 11 is 0. The van der Waals surface area contributed by atoms with Gasteiger partial charge in [-0.25, -0.2) is 0 Å². The molecular formula is C27H27NO6. The standard InChI is InChI=1S/C27H27NO6/c1-3-28-26(32)18-9-8-17-19(23(18)27(28)33)13-20-21(30)12-14(2)25(31)24(20)22(17)15-4-6-16(7-5-15)34-11-10-29/h4-8,12,18-19,22-23,29H,3,9-11,13H2,1-2H3/t18-,19+,22-,23-/m0/s1. The number of rotatable bonds is 5. The molecule has 0 bridgehead atoms. The number of likely N-dealkylation sites (tertiary alicyclic amines) is 1. The Morgan fingerprint density at radius 1 is 1.06 bits per heavy atom. The third kappa shape index (κ3) is 3.29. The first-order chi connectivity index (χ1) is 16.4. The minimum atomic E-state index is -0.508. The van der Waals surface area contributed by atoms with Gasteiger partial charge in [0.05, 0.1) is 18.4 Å². The Bertz CT molecular complexity index is 1190. The van der Waals surface area contributed by atoms with E-state index in [-0.39, 0.29) is 42.5 Å². The third-order valence-electron chi connectivity index (χ3n) is 7.55. The predicted octanol–water partition coefficient (Wildman–Crippen LogP) is 2.51. The molecule has 0 radical (unpaired) electrons. The summed E-state index contributed by atoms with van der Waals surface area (Å²) in [5, 5.41) is 9.01. The molecule has 0 spiro atoms. The predicted molar refractivity (Wildman–Crippen MR) is 123 cm³/mol. The summed E-state index contributed by atoms with van der Waals surface area (Å²) in [6.45, 7) is 3.86. The van der Waals surface area contributed by atoms with Gasteiger partial charge in [-0.2, -0.15) is 0 Å². The Balaban J connectivity index is 1.62. The Labute approximate surface area is 197 Å². The van der Waals surface area contributed by atoms with Crippen LogP contribution in [0.1, 0.15) is 38.2 Å². The number of hydrogen-bond donors (Lipinski definition) is 1. The van der Waals surface area contributed by atoms with Crippen LogP contribution in [-0.2, 0) is 19.2 Å². The van der Waals surface area contributed by atoms with Gasteiger partial charge in [0.25, 0.3) is 0 Å². The third-order valence-corrected chi connectivity index (χ3v) is 7.55. The molecule has 4 aliphatic rings. The molecule has 0 aromatic heterocycles. The summed E-state index contributed by atoms with van der Waals surface area (Å²) in [7, 11) is 0. The smallest absolute Gasteiger partial charge is 0.233 e. The number of ketones is 2. The van der Waals surface area contributed by atoms with Crippen LogP contribution in [0, 0.1) is 17.8 Å². The average Bonchev–Trinajstić information content (AvgIpc) is 3.09. The fraction of sp³-hybridized carbons (Fsp3) is 0.407. The van der Waals surface area contributed by atoms with E-state index in [4.69, 9.17) is 9.84 Å². The molecule has 1 heterocycles. The molecule has 7 nitrogen and oxygen atoms in total. The summed E-state index contributed by atoms with van der Waals surface area (Å²) in [5.74, 6) is -1.74. The number of Topliss-reactive ketones (excluding diaryl/α,β-unsaturated/α-hetero) is 1. The Kier molecular flexibility index (Phi) is 5.60. The van der Waals surface area contributed by atoms with Crippen LogP contribution in [0.5, 0.6) is 5.75 Å². The molecule has 3 aliphatic carbocycles. The highest BCUT2D eigenvalue weighted by molar-refractivity contribution is 6.23. The molecule has 0 saturated carbocycles. The zero-order valence-electron chi connectivity index (χ0n) is 19.2.